The highest BCUT2D eigenvalue weighted by atomic mass is 32.2. The summed E-state index contributed by atoms with van der Waals surface area (Å²) in [4.78, 5) is 16.2. The Kier molecular flexibility index (Phi) is 5.63. The Bertz CT molecular complexity index is 925. The molecule has 3 N–H and O–H groups in total. The molecule has 7 heteroatoms. The Morgan fingerprint density at radius 1 is 1.20 bits per heavy atom. The van der Waals surface area contributed by atoms with E-state index in [1.54, 1.807) is 6.92 Å². The molecule has 1 aromatic heterocycles. The third-order valence-corrected chi connectivity index (χ3v) is 4.77. The first-order valence-corrected chi connectivity index (χ1v) is 8.46. The van der Waals surface area contributed by atoms with Gasteiger partial charge in [0.25, 0.3) is 0 Å². The number of nitriles is 2. The highest BCUT2D eigenvalue weighted by Gasteiger charge is 2.16. The summed E-state index contributed by atoms with van der Waals surface area (Å²) in [7, 11) is 0. The van der Waals surface area contributed by atoms with Crippen molar-refractivity contribution in [3.63, 3.8) is 0 Å². The lowest BCUT2D eigenvalue weighted by atomic mass is 10.1. The summed E-state index contributed by atoms with van der Waals surface area (Å²) in [6.07, 6.45) is 0. The van der Waals surface area contributed by atoms with Crippen molar-refractivity contribution in [2.75, 3.05) is 16.8 Å². The number of aromatic nitrogens is 1. The summed E-state index contributed by atoms with van der Waals surface area (Å²) in [5, 5.41) is 21.6. The average Bonchev–Trinajstić information content (AvgIpc) is 2.56. The van der Waals surface area contributed by atoms with Crippen LogP contribution in [0.25, 0.3) is 0 Å². The Morgan fingerprint density at radius 2 is 1.88 bits per heavy atom. The van der Waals surface area contributed by atoms with Crippen LogP contribution in [0.2, 0.25) is 0 Å². The van der Waals surface area contributed by atoms with E-state index in [0.717, 1.165) is 28.6 Å². The first kappa shape index (κ1) is 18.3. The molecule has 0 saturated carbocycles. The van der Waals surface area contributed by atoms with Crippen molar-refractivity contribution in [1.29, 1.82) is 10.5 Å². The summed E-state index contributed by atoms with van der Waals surface area (Å²) in [5.41, 5.74) is 9.67. The maximum absolute atomic E-state index is 12.1. The molecule has 0 saturated heterocycles. The topological polar surface area (TPSA) is 116 Å². The van der Waals surface area contributed by atoms with E-state index in [0.29, 0.717) is 10.6 Å². The van der Waals surface area contributed by atoms with Gasteiger partial charge < -0.3 is 11.1 Å². The van der Waals surface area contributed by atoms with Crippen LogP contribution in [0, 0.1) is 43.4 Å². The molecule has 0 unspecified atom stereocenters. The zero-order chi connectivity index (χ0) is 18.6. The highest BCUT2D eigenvalue weighted by Crippen LogP contribution is 2.28. The zero-order valence-electron chi connectivity index (χ0n) is 14.2. The molecule has 1 aromatic carbocycles. The van der Waals surface area contributed by atoms with E-state index in [1.807, 2.05) is 44.2 Å². The van der Waals surface area contributed by atoms with Crippen molar-refractivity contribution >= 4 is 29.2 Å². The number of carbonyl (C=O) groups is 1. The van der Waals surface area contributed by atoms with E-state index < -0.39 is 0 Å². The quantitative estimate of drug-likeness (QED) is 0.818. The molecule has 0 spiro atoms. The van der Waals surface area contributed by atoms with Crippen LogP contribution in [0.3, 0.4) is 0 Å². The molecule has 0 radical (unpaired) electrons. The number of pyridine rings is 1. The molecule has 1 amide bonds. The van der Waals surface area contributed by atoms with Crippen molar-refractivity contribution in [3.05, 3.63) is 46.0 Å². The Hall–Kier alpha value is -3.03. The van der Waals surface area contributed by atoms with Crippen LogP contribution in [0.15, 0.2) is 23.2 Å². The number of carbonyl (C=O) groups excluding carboxylic acids is 1. The largest absolute Gasteiger partial charge is 0.383 e. The number of nitrogens with one attached hydrogen (secondary N) is 1. The monoisotopic (exact) mass is 351 g/mol. The first-order valence-electron chi connectivity index (χ1n) is 7.47. The fourth-order valence-electron chi connectivity index (χ4n) is 2.23. The fraction of sp³-hybridized carbons (Fsp3) is 0.222. The van der Waals surface area contributed by atoms with Gasteiger partial charge in [0.15, 0.2) is 0 Å². The second kappa shape index (κ2) is 7.69. The van der Waals surface area contributed by atoms with Gasteiger partial charge in [0.05, 0.1) is 16.9 Å². The number of aryl methyl sites for hydroxylation is 2. The summed E-state index contributed by atoms with van der Waals surface area (Å²) in [6.45, 7) is 5.63. The molecule has 1 heterocycles. The normalized spacial score (nSPS) is 9.96. The van der Waals surface area contributed by atoms with Crippen LogP contribution in [-0.4, -0.2) is 16.6 Å². The molecule has 2 rings (SSSR count). The van der Waals surface area contributed by atoms with E-state index in [9.17, 15) is 10.1 Å². The maximum atomic E-state index is 12.1. The number of thioether (sulfide) groups is 1. The van der Waals surface area contributed by atoms with Crippen LogP contribution >= 0.6 is 11.8 Å². The molecular formula is C18H17N5OS. The van der Waals surface area contributed by atoms with E-state index in [1.165, 1.54) is 0 Å². The second-order valence-corrected chi connectivity index (χ2v) is 6.50. The van der Waals surface area contributed by atoms with Crippen molar-refractivity contribution in [2.24, 2.45) is 0 Å². The fourth-order valence-corrected chi connectivity index (χ4v) is 3.07. The number of amides is 1. The first-order chi connectivity index (χ1) is 11.9. The average molecular weight is 351 g/mol. The number of benzene rings is 1. The van der Waals surface area contributed by atoms with Crippen molar-refractivity contribution < 1.29 is 4.79 Å². The van der Waals surface area contributed by atoms with Crippen LogP contribution in [0.1, 0.15) is 27.8 Å². The van der Waals surface area contributed by atoms with Gasteiger partial charge in [0.1, 0.15) is 23.0 Å². The number of anilines is 2. The predicted molar refractivity (Wildman–Crippen MR) is 98.1 cm³/mol. The number of hydrogen-bond acceptors (Lipinski definition) is 6. The third kappa shape index (κ3) is 4.09. The van der Waals surface area contributed by atoms with Crippen LogP contribution in [-0.2, 0) is 4.79 Å². The van der Waals surface area contributed by atoms with Crippen LogP contribution in [0.4, 0.5) is 11.5 Å². The Morgan fingerprint density at radius 3 is 2.48 bits per heavy atom. The van der Waals surface area contributed by atoms with Gasteiger partial charge in [-0.2, -0.15) is 10.5 Å². The minimum absolute atomic E-state index is 0.0658. The van der Waals surface area contributed by atoms with Gasteiger partial charge in [-0.1, -0.05) is 17.8 Å². The van der Waals surface area contributed by atoms with Crippen molar-refractivity contribution in [2.45, 2.75) is 25.8 Å². The van der Waals surface area contributed by atoms with Gasteiger partial charge in [0.2, 0.25) is 5.91 Å². The van der Waals surface area contributed by atoms with Gasteiger partial charge in [0, 0.05) is 5.69 Å². The van der Waals surface area contributed by atoms with Gasteiger partial charge in [-0.3, -0.25) is 4.79 Å². The summed E-state index contributed by atoms with van der Waals surface area (Å²) >= 11 is 1.12. The van der Waals surface area contributed by atoms with Crippen LogP contribution < -0.4 is 11.1 Å². The van der Waals surface area contributed by atoms with E-state index in [4.69, 9.17) is 11.0 Å². The number of nitrogen functional groups attached to an aromatic ring is 1. The lowest BCUT2D eigenvalue weighted by molar-refractivity contribution is -0.113. The van der Waals surface area contributed by atoms with E-state index >= 15 is 0 Å². The molecule has 6 nitrogen and oxygen atoms in total. The minimum Gasteiger partial charge on any atom is -0.383 e. The highest BCUT2D eigenvalue weighted by molar-refractivity contribution is 8.00. The molecule has 0 atom stereocenters. The van der Waals surface area contributed by atoms with Crippen molar-refractivity contribution in [1.82, 2.24) is 4.98 Å². The van der Waals surface area contributed by atoms with Crippen molar-refractivity contribution in [3.8, 4) is 12.1 Å². The predicted octanol–water partition coefficient (Wildman–Crippen LogP) is 3.06. The van der Waals surface area contributed by atoms with Gasteiger partial charge >= 0.3 is 0 Å². The molecule has 126 valence electrons. The third-order valence-electron chi connectivity index (χ3n) is 3.80. The number of nitrogens with two attached hydrogens (primary N) is 1. The lowest BCUT2D eigenvalue weighted by Crippen LogP contribution is -2.14. The zero-order valence-corrected chi connectivity index (χ0v) is 15.0. The molecule has 0 fully saturated rings. The second-order valence-electron chi connectivity index (χ2n) is 5.54. The molecule has 0 aliphatic heterocycles. The van der Waals surface area contributed by atoms with Gasteiger partial charge in [-0.25, -0.2) is 4.98 Å². The Labute approximate surface area is 150 Å². The molecule has 25 heavy (non-hydrogen) atoms. The van der Waals surface area contributed by atoms with Gasteiger partial charge in [-0.05, 0) is 49.6 Å². The SMILES string of the molecule is Cc1ccc(NC(=O)CSc2nc(N)c(C#N)c(C)c2C#N)cc1C. The Balaban J connectivity index is 2.13. The smallest absolute Gasteiger partial charge is 0.234 e. The minimum atomic E-state index is -0.209. The summed E-state index contributed by atoms with van der Waals surface area (Å²) in [5.74, 6) is -0.0602. The number of hydrogen-bond donors (Lipinski definition) is 2. The summed E-state index contributed by atoms with van der Waals surface area (Å²) < 4.78 is 0. The molecular weight excluding hydrogens is 334 g/mol. The van der Waals surface area contributed by atoms with E-state index in [-0.39, 0.29) is 28.6 Å². The number of nitrogens with zero attached hydrogens (tertiary/aromatic N) is 3. The maximum Gasteiger partial charge on any atom is 0.234 e. The molecule has 0 aliphatic rings. The lowest BCUT2D eigenvalue weighted by Gasteiger charge is -2.10. The summed E-state index contributed by atoms with van der Waals surface area (Å²) in [6, 6.07) is 9.66. The van der Waals surface area contributed by atoms with E-state index in [2.05, 4.69) is 10.3 Å². The molecule has 0 aliphatic carbocycles. The number of rotatable bonds is 4. The standard InChI is InChI=1S/C18H17N5OS/c1-10-4-5-13(6-11(10)2)22-16(24)9-25-18-15(8-20)12(3)14(7-19)17(21)23-18/h4-6H,9H2,1-3H3,(H2,21,23)(H,22,24). The van der Waals surface area contributed by atoms with Gasteiger partial charge in [-0.15, -0.1) is 0 Å². The van der Waals surface area contributed by atoms with Crippen LogP contribution in [0.5, 0.6) is 0 Å². The molecule has 0 bridgehead atoms. The molecule has 2 aromatic rings.